The van der Waals surface area contributed by atoms with E-state index in [2.05, 4.69) is 11.7 Å². The fraction of sp³-hybridized carbons (Fsp3) is 0.833. The van der Waals surface area contributed by atoms with E-state index in [4.69, 9.17) is 9.84 Å². The van der Waals surface area contributed by atoms with Gasteiger partial charge in [0.1, 0.15) is 6.61 Å². The molecule has 0 unspecified atom stereocenters. The van der Waals surface area contributed by atoms with Crippen molar-refractivity contribution in [3.05, 3.63) is 0 Å². The van der Waals surface area contributed by atoms with E-state index in [-0.39, 0.29) is 32.0 Å². The molecule has 0 bridgehead atoms. The van der Waals surface area contributed by atoms with E-state index in [0.717, 1.165) is 25.7 Å². The normalized spacial score (nSPS) is 10.0. The van der Waals surface area contributed by atoms with Crippen molar-refractivity contribution in [2.45, 2.75) is 45.4 Å². The Balaban J connectivity index is 3.36. The summed E-state index contributed by atoms with van der Waals surface area (Å²) in [7, 11) is 0. The summed E-state index contributed by atoms with van der Waals surface area (Å²) >= 11 is 0. The number of aliphatic hydroxyl groups excluding tert-OH is 1. The zero-order valence-electron chi connectivity index (χ0n) is 10.4. The lowest BCUT2D eigenvalue weighted by Crippen LogP contribution is -2.12. The molecule has 0 radical (unpaired) electrons. The summed E-state index contributed by atoms with van der Waals surface area (Å²) < 4.78 is 9.55. The van der Waals surface area contributed by atoms with Gasteiger partial charge >= 0.3 is 11.9 Å². The largest absolute Gasteiger partial charge is 0.466 e. The minimum atomic E-state index is -0.484. The molecule has 0 aromatic heterocycles. The highest BCUT2D eigenvalue weighted by Gasteiger charge is 2.08. The van der Waals surface area contributed by atoms with Gasteiger partial charge in [-0.3, -0.25) is 9.59 Å². The number of carbonyl (C=O) groups excluding carboxylic acids is 2. The Morgan fingerprint density at radius 2 is 1.53 bits per heavy atom. The molecule has 100 valence electrons. The zero-order valence-corrected chi connectivity index (χ0v) is 10.4. The molecule has 0 heterocycles. The highest BCUT2D eigenvalue weighted by molar-refractivity contribution is 5.77. The van der Waals surface area contributed by atoms with E-state index in [1.807, 2.05) is 0 Å². The Bertz CT molecular complexity index is 215. The fourth-order valence-corrected chi connectivity index (χ4v) is 1.22. The maximum absolute atomic E-state index is 11.2. The van der Waals surface area contributed by atoms with Crippen molar-refractivity contribution in [2.75, 3.05) is 19.8 Å². The van der Waals surface area contributed by atoms with Crippen LogP contribution in [0.25, 0.3) is 0 Å². The molecule has 17 heavy (non-hydrogen) atoms. The van der Waals surface area contributed by atoms with Crippen LogP contribution in [-0.2, 0) is 19.1 Å². The molecular weight excluding hydrogens is 224 g/mol. The summed E-state index contributed by atoms with van der Waals surface area (Å²) in [5, 5.41) is 8.41. The molecule has 0 spiro atoms. The van der Waals surface area contributed by atoms with Crippen LogP contribution in [0.15, 0.2) is 0 Å². The molecule has 0 saturated carbocycles. The van der Waals surface area contributed by atoms with E-state index in [9.17, 15) is 9.59 Å². The van der Waals surface area contributed by atoms with Gasteiger partial charge in [0.25, 0.3) is 0 Å². The van der Waals surface area contributed by atoms with Crippen molar-refractivity contribution in [1.82, 2.24) is 0 Å². The van der Waals surface area contributed by atoms with Crippen LogP contribution in [-0.4, -0.2) is 36.9 Å². The Morgan fingerprint density at radius 1 is 0.941 bits per heavy atom. The van der Waals surface area contributed by atoms with Gasteiger partial charge in [0.15, 0.2) is 0 Å². The first-order valence-corrected chi connectivity index (χ1v) is 6.12. The molecule has 1 N–H and O–H groups in total. The number of esters is 2. The predicted octanol–water partition coefficient (Wildman–Crippen LogP) is 1.43. The number of hydrogen-bond donors (Lipinski definition) is 1. The molecule has 0 rings (SSSR count). The number of unbranched alkanes of at least 4 members (excludes halogenated alkanes) is 3. The quantitative estimate of drug-likeness (QED) is 0.466. The SMILES string of the molecule is CCCCCCOC(=O)CCC(=O)OCCO. The van der Waals surface area contributed by atoms with Gasteiger partial charge in [0.05, 0.1) is 26.1 Å². The molecule has 0 fully saturated rings. The Kier molecular flexibility index (Phi) is 10.7. The van der Waals surface area contributed by atoms with Crippen molar-refractivity contribution < 1.29 is 24.2 Å². The first-order valence-electron chi connectivity index (χ1n) is 6.12. The standard InChI is InChI=1S/C12H22O5/c1-2-3-4-5-9-16-11(14)6-7-12(15)17-10-8-13/h13H,2-10H2,1H3. The van der Waals surface area contributed by atoms with Crippen molar-refractivity contribution in [1.29, 1.82) is 0 Å². The summed E-state index contributed by atoms with van der Waals surface area (Å²) in [6, 6.07) is 0. The van der Waals surface area contributed by atoms with Crippen LogP contribution < -0.4 is 0 Å². The van der Waals surface area contributed by atoms with Gasteiger partial charge in [0.2, 0.25) is 0 Å². The van der Waals surface area contributed by atoms with Crippen LogP contribution >= 0.6 is 0 Å². The van der Waals surface area contributed by atoms with Crippen molar-refractivity contribution in [3.8, 4) is 0 Å². The number of hydrogen-bond acceptors (Lipinski definition) is 5. The Labute approximate surface area is 102 Å². The molecular formula is C12H22O5. The van der Waals surface area contributed by atoms with E-state index in [1.165, 1.54) is 0 Å². The van der Waals surface area contributed by atoms with Gasteiger partial charge in [-0.25, -0.2) is 0 Å². The fourth-order valence-electron chi connectivity index (χ4n) is 1.22. The Hall–Kier alpha value is -1.10. The van der Waals surface area contributed by atoms with E-state index >= 15 is 0 Å². The second-order valence-electron chi connectivity index (χ2n) is 3.73. The monoisotopic (exact) mass is 246 g/mol. The van der Waals surface area contributed by atoms with E-state index in [1.54, 1.807) is 0 Å². The van der Waals surface area contributed by atoms with Crippen LogP contribution in [0, 0.1) is 0 Å². The van der Waals surface area contributed by atoms with Crippen molar-refractivity contribution in [3.63, 3.8) is 0 Å². The molecule has 0 aromatic rings. The topological polar surface area (TPSA) is 72.8 Å². The summed E-state index contributed by atoms with van der Waals surface area (Å²) in [5.41, 5.74) is 0. The van der Waals surface area contributed by atoms with Crippen LogP contribution in [0.1, 0.15) is 45.4 Å². The Morgan fingerprint density at radius 3 is 2.06 bits per heavy atom. The summed E-state index contributed by atoms with van der Waals surface area (Å²) in [5.74, 6) is -0.857. The maximum atomic E-state index is 11.2. The minimum absolute atomic E-state index is 0.00773. The average molecular weight is 246 g/mol. The lowest BCUT2D eigenvalue weighted by atomic mass is 10.2. The van der Waals surface area contributed by atoms with Gasteiger partial charge in [-0.15, -0.1) is 0 Å². The van der Waals surface area contributed by atoms with Crippen LogP contribution in [0.5, 0.6) is 0 Å². The van der Waals surface area contributed by atoms with Crippen LogP contribution in [0.3, 0.4) is 0 Å². The number of aliphatic hydroxyl groups is 1. The second kappa shape index (κ2) is 11.4. The molecule has 5 heteroatoms. The van der Waals surface area contributed by atoms with E-state index in [0.29, 0.717) is 6.61 Å². The third-order valence-electron chi connectivity index (χ3n) is 2.15. The maximum Gasteiger partial charge on any atom is 0.306 e. The molecule has 0 atom stereocenters. The number of carbonyl (C=O) groups is 2. The summed E-state index contributed by atoms with van der Waals surface area (Å²) in [4.78, 5) is 22.2. The molecule has 0 amide bonds. The number of ether oxygens (including phenoxy) is 2. The van der Waals surface area contributed by atoms with Gasteiger partial charge in [0, 0.05) is 0 Å². The lowest BCUT2D eigenvalue weighted by Gasteiger charge is -2.04. The summed E-state index contributed by atoms with van der Waals surface area (Å²) in [6.07, 6.45) is 4.26. The smallest absolute Gasteiger partial charge is 0.306 e. The highest BCUT2D eigenvalue weighted by atomic mass is 16.5. The first kappa shape index (κ1) is 15.9. The molecule has 5 nitrogen and oxygen atoms in total. The lowest BCUT2D eigenvalue weighted by molar-refractivity contribution is -0.150. The highest BCUT2D eigenvalue weighted by Crippen LogP contribution is 2.01. The third kappa shape index (κ3) is 11.2. The third-order valence-corrected chi connectivity index (χ3v) is 2.15. The van der Waals surface area contributed by atoms with Gasteiger partial charge in [-0.1, -0.05) is 26.2 Å². The molecule has 0 saturated heterocycles. The molecule has 0 aliphatic heterocycles. The van der Waals surface area contributed by atoms with Crippen molar-refractivity contribution >= 4 is 11.9 Å². The van der Waals surface area contributed by atoms with Gasteiger partial charge < -0.3 is 14.6 Å². The second-order valence-corrected chi connectivity index (χ2v) is 3.73. The molecule has 0 aliphatic carbocycles. The van der Waals surface area contributed by atoms with Gasteiger partial charge in [-0.05, 0) is 6.42 Å². The van der Waals surface area contributed by atoms with Crippen LogP contribution in [0.2, 0.25) is 0 Å². The number of rotatable bonds is 10. The minimum Gasteiger partial charge on any atom is -0.466 e. The molecule has 0 aromatic carbocycles. The van der Waals surface area contributed by atoms with E-state index < -0.39 is 5.97 Å². The summed E-state index contributed by atoms with van der Waals surface area (Å²) in [6.45, 7) is 2.31. The van der Waals surface area contributed by atoms with Crippen LogP contribution in [0.4, 0.5) is 0 Å². The van der Waals surface area contributed by atoms with Crippen molar-refractivity contribution in [2.24, 2.45) is 0 Å². The predicted molar refractivity (Wildman–Crippen MR) is 62.4 cm³/mol. The van der Waals surface area contributed by atoms with Gasteiger partial charge in [-0.2, -0.15) is 0 Å². The average Bonchev–Trinajstić information content (AvgIpc) is 2.33. The zero-order chi connectivity index (χ0) is 12.9. The first-order chi connectivity index (χ1) is 8.20. The molecule has 0 aliphatic rings.